The summed E-state index contributed by atoms with van der Waals surface area (Å²) in [5.41, 5.74) is 0.868. The van der Waals surface area contributed by atoms with Gasteiger partial charge in [0.1, 0.15) is 5.82 Å². The molecule has 0 spiro atoms. The molecule has 102 valence electrons. The highest BCUT2D eigenvalue weighted by atomic mass is 79.9. The lowest BCUT2D eigenvalue weighted by Gasteiger charge is -2.16. The molecule has 0 fully saturated rings. The molecule has 0 atom stereocenters. The molecule has 1 aromatic heterocycles. The molecule has 1 aliphatic rings. The van der Waals surface area contributed by atoms with Gasteiger partial charge < -0.3 is 0 Å². The first-order chi connectivity index (χ1) is 9.49. The Kier molecular flexibility index (Phi) is 3.22. The van der Waals surface area contributed by atoms with Gasteiger partial charge in [0.25, 0.3) is 11.7 Å². The second kappa shape index (κ2) is 4.79. The zero-order valence-corrected chi connectivity index (χ0v) is 12.8. The average Bonchev–Trinajstić information content (AvgIpc) is 2.88. The van der Waals surface area contributed by atoms with E-state index in [-0.39, 0.29) is 17.8 Å². The topological polar surface area (TPSA) is 37.4 Å². The summed E-state index contributed by atoms with van der Waals surface area (Å²) in [6.45, 7) is 1.88. The van der Waals surface area contributed by atoms with Gasteiger partial charge >= 0.3 is 0 Å². The summed E-state index contributed by atoms with van der Waals surface area (Å²) in [4.78, 5) is 26.1. The van der Waals surface area contributed by atoms with Gasteiger partial charge in [-0.1, -0.05) is 0 Å². The average molecular weight is 354 g/mol. The molecule has 0 aliphatic carbocycles. The molecule has 6 heteroatoms. The van der Waals surface area contributed by atoms with Crippen LogP contribution < -0.4 is 4.90 Å². The van der Waals surface area contributed by atoms with Crippen LogP contribution in [0.4, 0.5) is 10.1 Å². The highest BCUT2D eigenvalue weighted by molar-refractivity contribution is 9.10. The standard InChI is InChI=1S/C14H9BrFNO2S/c1-7-4-8-12(10(16)5-7)17(14(19)13(8)18)6-11-9(15)2-3-20-11/h2-5H,6H2,1H3. The Morgan fingerprint density at radius 2 is 2.10 bits per heavy atom. The third-order valence-corrected chi connectivity index (χ3v) is 5.07. The van der Waals surface area contributed by atoms with Crippen LogP contribution >= 0.6 is 27.3 Å². The van der Waals surface area contributed by atoms with E-state index in [1.165, 1.54) is 22.3 Å². The normalized spacial score (nSPS) is 14.1. The Morgan fingerprint density at radius 3 is 2.75 bits per heavy atom. The molecular formula is C14H9BrFNO2S. The van der Waals surface area contributed by atoms with E-state index < -0.39 is 17.5 Å². The number of carbonyl (C=O) groups is 2. The molecule has 1 aromatic carbocycles. The molecule has 0 radical (unpaired) electrons. The maximum Gasteiger partial charge on any atom is 0.299 e. The third kappa shape index (κ3) is 1.99. The van der Waals surface area contributed by atoms with Gasteiger partial charge in [-0.25, -0.2) is 4.39 Å². The summed E-state index contributed by atoms with van der Waals surface area (Å²) >= 11 is 4.82. The number of thiophene rings is 1. The number of hydrogen-bond donors (Lipinski definition) is 0. The van der Waals surface area contributed by atoms with Crippen LogP contribution in [0.2, 0.25) is 0 Å². The van der Waals surface area contributed by atoms with Crippen molar-refractivity contribution >= 4 is 44.6 Å². The van der Waals surface area contributed by atoms with E-state index in [1.54, 1.807) is 13.0 Å². The van der Waals surface area contributed by atoms with Gasteiger partial charge in [0.2, 0.25) is 0 Å². The minimum absolute atomic E-state index is 0.0888. The first-order valence-electron chi connectivity index (χ1n) is 5.87. The smallest absolute Gasteiger partial charge is 0.297 e. The molecule has 1 amide bonds. The summed E-state index contributed by atoms with van der Waals surface area (Å²) < 4.78 is 15.0. The van der Waals surface area contributed by atoms with Crippen LogP contribution in [0.25, 0.3) is 0 Å². The van der Waals surface area contributed by atoms with Crippen LogP contribution in [0.5, 0.6) is 0 Å². The number of nitrogens with zero attached hydrogens (tertiary/aromatic N) is 1. The number of anilines is 1. The Balaban J connectivity index is 2.09. The molecular weight excluding hydrogens is 345 g/mol. The second-order valence-electron chi connectivity index (χ2n) is 4.56. The number of amides is 1. The molecule has 0 bridgehead atoms. The van der Waals surface area contributed by atoms with Crippen LogP contribution in [-0.2, 0) is 11.3 Å². The fourth-order valence-electron chi connectivity index (χ4n) is 2.25. The molecule has 0 saturated heterocycles. The number of carbonyl (C=O) groups excluding carboxylic acids is 2. The quantitative estimate of drug-likeness (QED) is 0.772. The third-order valence-electron chi connectivity index (χ3n) is 3.15. The molecule has 2 heterocycles. The lowest BCUT2D eigenvalue weighted by molar-refractivity contribution is -0.114. The van der Waals surface area contributed by atoms with Crippen molar-refractivity contribution in [3.8, 4) is 0 Å². The molecule has 3 rings (SSSR count). The number of rotatable bonds is 2. The Hall–Kier alpha value is -1.53. The zero-order valence-electron chi connectivity index (χ0n) is 10.4. The van der Waals surface area contributed by atoms with Gasteiger partial charge in [-0.3, -0.25) is 14.5 Å². The molecule has 2 aromatic rings. The maximum absolute atomic E-state index is 14.1. The second-order valence-corrected chi connectivity index (χ2v) is 6.41. The number of benzene rings is 1. The summed E-state index contributed by atoms with van der Waals surface area (Å²) in [5, 5.41) is 1.87. The van der Waals surface area contributed by atoms with Crippen molar-refractivity contribution in [2.45, 2.75) is 13.5 Å². The molecule has 0 N–H and O–H groups in total. The minimum atomic E-state index is -0.676. The van der Waals surface area contributed by atoms with Crippen molar-refractivity contribution < 1.29 is 14.0 Å². The van der Waals surface area contributed by atoms with Crippen molar-refractivity contribution in [2.75, 3.05) is 4.90 Å². The van der Waals surface area contributed by atoms with Crippen molar-refractivity contribution in [1.82, 2.24) is 0 Å². The lowest BCUT2D eigenvalue weighted by Crippen LogP contribution is -2.29. The summed E-state index contributed by atoms with van der Waals surface area (Å²) in [6.07, 6.45) is 0. The van der Waals surface area contributed by atoms with Gasteiger partial charge in [-0.2, -0.15) is 0 Å². The molecule has 20 heavy (non-hydrogen) atoms. The highest BCUT2D eigenvalue weighted by Gasteiger charge is 2.38. The SMILES string of the molecule is Cc1cc(F)c2c(c1)C(=O)C(=O)N2Cc1sccc1Br. The Bertz CT molecular complexity index is 741. The first kappa shape index (κ1) is 13.5. The Labute approximate surface area is 127 Å². The molecule has 1 aliphatic heterocycles. The molecule has 0 unspecified atom stereocenters. The van der Waals surface area contributed by atoms with Crippen molar-refractivity contribution in [3.63, 3.8) is 0 Å². The molecule has 3 nitrogen and oxygen atoms in total. The number of halogens is 2. The number of ketones is 1. The monoisotopic (exact) mass is 353 g/mol. The van der Waals surface area contributed by atoms with E-state index in [0.29, 0.717) is 5.56 Å². The van der Waals surface area contributed by atoms with E-state index in [2.05, 4.69) is 15.9 Å². The minimum Gasteiger partial charge on any atom is -0.297 e. The Morgan fingerprint density at radius 1 is 1.35 bits per heavy atom. The maximum atomic E-state index is 14.1. The van der Waals surface area contributed by atoms with Crippen molar-refractivity contribution in [1.29, 1.82) is 0 Å². The van der Waals surface area contributed by atoms with E-state index in [1.807, 2.05) is 11.4 Å². The number of aryl methyl sites for hydroxylation is 1. The van der Waals surface area contributed by atoms with Crippen molar-refractivity contribution in [3.05, 3.63) is 49.9 Å². The lowest BCUT2D eigenvalue weighted by atomic mass is 10.1. The fraction of sp³-hybridized carbons (Fsp3) is 0.143. The predicted molar refractivity (Wildman–Crippen MR) is 78.7 cm³/mol. The van der Waals surface area contributed by atoms with Gasteiger partial charge in [0.05, 0.1) is 17.8 Å². The number of hydrogen-bond acceptors (Lipinski definition) is 3. The van der Waals surface area contributed by atoms with Crippen LogP contribution in [0.3, 0.4) is 0 Å². The first-order valence-corrected chi connectivity index (χ1v) is 7.54. The molecule has 0 saturated carbocycles. The van der Waals surface area contributed by atoms with Gasteiger partial charge in [-0.05, 0) is 52.0 Å². The van der Waals surface area contributed by atoms with E-state index in [4.69, 9.17) is 0 Å². The summed E-state index contributed by atoms with van der Waals surface area (Å²) in [6, 6.07) is 4.75. The van der Waals surface area contributed by atoms with E-state index in [0.717, 1.165) is 9.35 Å². The largest absolute Gasteiger partial charge is 0.299 e. The zero-order chi connectivity index (χ0) is 14.4. The van der Waals surface area contributed by atoms with Gasteiger partial charge in [0, 0.05) is 9.35 Å². The van der Waals surface area contributed by atoms with Gasteiger partial charge in [-0.15, -0.1) is 11.3 Å². The summed E-state index contributed by atoms with van der Waals surface area (Å²) in [7, 11) is 0. The number of Topliss-reactive ketones (excluding diaryl/α,β-unsaturated/α-hetero) is 1. The fourth-order valence-corrected chi connectivity index (χ4v) is 3.72. The highest BCUT2D eigenvalue weighted by Crippen LogP contribution is 2.35. The van der Waals surface area contributed by atoms with E-state index >= 15 is 0 Å². The van der Waals surface area contributed by atoms with Crippen molar-refractivity contribution in [2.24, 2.45) is 0 Å². The van der Waals surface area contributed by atoms with E-state index in [9.17, 15) is 14.0 Å². The van der Waals surface area contributed by atoms with Gasteiger partial charge in [0.15, 0.2) is 0 Å². The van der Waals surface area contributed by atoms with Crippen LogP contribution in [0, 0.1) is 12.7 Å². The van der Waals surface area contributed by atoms with Crippen LogP contribution in [-0.4, -0.2) is 11.7 Å². The van der Waals surface area contributed by atoms with Crippen LogP contribution in [0.15, 0.2) is 28.1 Å². The summed E-state index contributed by atoms with van der Waals surface area (Å²) in [5.74, 6) is -1.85. The number of fused-ring (bicyclic) bond motifs is 1. The van der Waals surface area contributed by atoms with Crippen LogP contribution in [0.1, 0.15) is 20.8 Å². The predicted octanol–water partition coefficient (Wildman–Crippen LogP) is 3.69.